The molecule has 1 aromatic heterocycles. The van der Waals surface area contributed by atoms with Gasteiger partial charge in [0.2, 0.25) is 0 Å². The van der Waals surface area contributed by atoms with E-state index in [4.69, 9.17) is 11.6 Å². The Morgan fingerprint density at radius 3 is 2.94 bits per heavy atom. The summed E-state index contributed by atoms with van der Waals surface area (Å²) in [5.74, 6) is 0.539. The van der Waals surface area contributed by atoms with Gasteiger partial charge in [0, 0.05) is 21.9 Å². The Morgan fingerprint density at radius 1 is 1.35 bits per heavy atom. The number of thioether (sulfide) groups is 1. The summed E-state index contributed by atoms with van der Waals surface area (Å²) in [4.78, 5) is 8.85. The molecule has 1 N–H and O–H groups in total. The molecule has 0 saturated heterocycles. The first-order valence-corrected chi connectivity index (χ1v) is 6.44. The second-order valence-electron chi connectivity index (χ2n) is 3.42. The average molecular weight is 267 g/mol. The number of aromatic nitrogens is 2. The Kier molecular flexibility index (Phi) is 4.36. The van der Waals surface area contributed by atoms with Crippen LogP contribution in [0.5, 0.6) is 0 Å². The van der Waals surface area contributed by atoms with Crippen molar-refractivity contribution in [3.8, 4) is 0 Å². The van der Waals surface area contributed by atoms with Crippen molar-refractivity contribution in [2.75, 3.05) is 5.75 Å². The summed E-state index contributed by atoms with van der Waals surface area (Å²) in [5, 5.41) is 10.6. The Labute approximate surface area is 109 Å². The molecule has 0 bridgehead atoms. The quantitative estimate of drug-likeness (QED) is 0.865. The van der Waals surface area contributed by atoms with Gasteiger partial charge < -0.3 is 5.11 Å². The monoisotopic (exact) mass is 266 g/mol. The van der Waals surface area contributed by atoms with E-state index >= 15 is 0 Å². The number of aliphatic hydroxyl groups is 1. The molecule has 2 aromatic rings. The van der Waals surface area contributed by atoms with Crippen molar-refractivity contribution in [3.05, 3.63) is 53.6 Å². The smallest absolute Gasteiger partial charge is 0.115 e. The highest BCUT2D eigenvalue weighted by atomic mass is 35.5. The van der Waals surface area contributed by atoms with E-state index in [0.717, 1.165) is 4.90 Å². The average Bonchev–Trinajstić information content (AvgIpc) is 2.37. The molecule has 0 saturated carbocycles. The van der Waals surface area contributed by atoms with Gasteiger partial charge in [-0.2, -0.15) is 0 Å². The van der Waals surface area contributed by atoms with Crippen LogP contribution in [0.25, 0.3) is 0 Å². The fourth-order valence-corrected chi connectivity index (χ4v) is 2.48. The van der Waals surface area contributed by atoms with Crippen LogP contribution in [0.1, 0.15) is 11.8 Å². The fraction of sp³-hybridized carbons (Fsp3) is 0.167. The van der Waals surface area contributed by atoms with E-state index in [0.29, 0.717) is 16.5 Å². The topological polar surface area (TPSA) is 46.0 Å². The predicted molar refractivity (Wildman–Crippen MR) is 69.2 cm³/mol. The van der Waals surface area contributed by atoms with Crippen molar-refractivity contribution in [1.82, 2.24) is 9.97 Å². The van der Waals surface area contributed by atoms with Crippen molar-refractivity contribution in [2.45, 2.75) is 11.0 Å². The van der Waals surface area contributed by atoms with E-state index in [1.165, 1.54) is 6.33 Å². The fourth-order valence-electron chi connectivity index (χ4n) is 1.32. The lowest BCUT2D eigenvalue weighted by atomic mass is 10.3. The van der Waals surface area contributed by atoms with Crippen LogP contribution in [-0.4, -0.2) is 20.8 Å². The summed E-state index contributed by atoms with van der Waals surface area (Å²) >= 11 is 7.42. The molecule has 88 valence electrons. The van der Waals surface area contributed by atoms with Gasteiger partial charge in [0.25, 0.3) is 0 Å². The van der Waals surface area contributed by atoms with Crippen molar-refractivity contribution in [1.29, 1.82) is 0 Å². The summed E-state index contributed by atoms with van der Waals surface area (Å²) in [6, 6.07) is 9.26. The summed E-state index contributed by atoms with van der Waals surface area (Å²) in [6.07, 6.45) is 2.46. The molecule has 0 fully saturated rings. The number of halogens is 1. The van der Waals surface area contributed by atoms with Gasteiger partial charge in [-0.25, -0.2) is 9.97 Å². The third-order valence-corrected chi connectivity index (χ3v) is 3.45. The van der Waals surface area contributed by atoms with Gasteiger partial charge in [0.05, 0.1) is 5.69 Å². The number of nitrogens with zero attached hydrogens (tertiary/aromatic N) is 2. The van der Waals surface area contributed by atoms with E-state index in [1.807, 2.05) is 24.3 Å². The predicted octanol–water partition coefficient (Wildman–Crippen LogP) is 2.96. The number of aliphatic hydroxyl groups excluding tert-OH is 1. The first kappa shape index (κ1) is 12.4. The van der Waals surface area contributed by atoms with Gasteiger partial charge in [0.1, 0.15) is 12.4 Å². The highest BCUT2D eigenvalue weighted by Gasteiger charge is 2.09. The van der Waals surface area contributed by atoms with E-state index in [1.54, 1.807) is 24.0 Å². The number of rotatable bonds is 4. The first-order valence-electron chi connectivity index (χ1n) is 5.08. The molecule has 1 aromatic carbocycles. The third-order valence-electron chi connectivity index (χ3n) is 2.15. The zero-order valence-electron chi connectivity index (χ0n) is 8.95. The molecule has 17 heavy (non-hydrogen) atoms. The second kappa shape index (κ2) is 6.00. The van der Waals surface area contributed by atoms with Gasteiger partial charge in [-0.15, -0.1) is 11.8 Å². The van der Waals surface area contributed by atoms with Crippen molar-refractivity contribution >= 4 is 23.4 Å². The maximum Gasteiger partial charge on any atom is 0.115 e. The van der Waals surface area contributed by atoms with Gasteiger partial charge in [-0.3, -0.25) is 0 Å². The molecular formula is C12H11ClN2OS. The highest BCUT2D eigenvalue weighted by molar-refractivity contribution is 7.99. The maximum absolute atomic E-state index is 9.91. The minimum atomic E-state index is -0.595. The molecule has 1 heterocycles. The Morgan fingerprint density at radius 2 is 2.24 bits per heavy atom. The lowest BCUT2D eigenvalue weighted by Crippen LogP contribution is -2.03. The van der Waals surface area contributed by atoms with Crippen molar-refractivity contribution < 1.29 is 5.11 Å². The van der Waals surface area contributed by atoms with E-state index < -0.39 is 6.10 Å². The van der Waals surface area contributed by atoms with Gasteiger partial charge in [-0.05, 0) is 24.3 Å². The minimum Gasteiger partial charge on any atom is -0.386 e. The second-order valence-corrected chi connectivity index (χ2v) is 4.95. The molecule has 5 heteroatoms. The first-order chi connectivity index (χ1) is 8.25. The van der Waals surface area contributed by atoms with Crippen LogP contribution in [-0.2, 0) is 0 Å². The molecule has 2 rings (SSSR count). The Hall–Kier alpha value is -1.10. The molecule has 0 radical (unpaired) electrons. The zero-order valence-corrected chi connectivity index (χ0v) is 10.5. The van der Waals surface area contributed by atoms with E-state index in [-0.39, 0.29) is 0 Å². The summed E-state index contributed by atoms with van der Waals surface area (Å²) < 4.78 is 0. The number of benzene rings is 1. The highest BCUT2D eigenvalue weighted by Crippen LogP contribution is 2.25. The van der Waals surface area contributed by atoms with Crippen LogP contribution in [0.4, 0.5) is 0 Å². The summed E-state index contributed by atoms with van der Waals surface area (Å²) in [5.41, 5.74) is 0.634. The van der Waals surface area contributed by atoms with Gasteiger partial charge >= 0.3 is 0 Å². The normalized spacial score (nSPS) is 12.4. The van der Waals surface area contributed by atoms with Crippen LogP contribution >= 0.6 is 23.4 Å². The van der Waals surface area contributed by atoms with Crippen LogP contribution < -0.4 is 0 Å². The molecule has 0 aliphatic carbocycles. The Balaban J connectivity index is 1.95. The number of hydrogen-bond donors (Lipinski definition) is 1. The van der Waals surface area contributed by atoms with Crippen LogP contribution in [0.15, 0.2) is 47.8 Å². The van der Waals surface area contributed by atoms with E-state index in [2.05, 4.69) is 9.97 Å². The minimum absolute atomic E-state index is 0.539. The molecule has 3 nitrogen and oxygen atoms in total. The molecular weight excluding hydrogens is 256 g/mol. The largest absolute Gasteiger partial charge is 0.386 e. The Bertz CT molecular complexity index is 481. The van der Waals surface area contributed by atoms with Gasteiger partial charge in [-0.1, -0.05) is 17.7 Å². The lowest BCUT2D eigenvalue weighted by Gasteiger charge is -2.09. The summed E-state index contributed by atoms with van der Waals surface area (Å²) in [7, 11) is 0. The number of hydrogen-bond acceptors (Lipinski definition) is 4. The zero-order chi connectivity index (χ0) is 12.1. The molecule has 0 spiro atoms. The van der Waals surface area contributed by atoms with Gasteiger partial charge in [0.15, 0.2) is 0 Å². The molecule has 1 unspecified atom stereocenters. The van der Waals surface area contributed by atoms with Crippen LogP contribution in [0.2, 0.25) is 5.02 Å². The van der Waals surface area contributed by atoms with Crippen molar-refractivity contribution in [3.63, 3.8) is 0 Å². The third kappa shape index (κ3) is 3.70. The molecule has 0 amide bonds. The van der Waals surface area contributed by atoms with Crippen molar-refractivity contribution in [2.24, 2.45) is 0 Å². The lowest BCUT2D eigenvalue weighted by molar-refractivity contribution is 0.199. The molecule has 1 atom stereocenters. The standard InChI is InChI=1S/C12H11ClN2OS/c13-9-2-1-3-10(6-9)17-7-12(16)11-4-5-14-8-15-11/h1-6,8,12,16H,7H2. The van der Waals surface area contributed by atoms with Crippen LogP contribution in [0, 0.1) is 0 Å². The summed E-state index contributed by atoms with van der Waals surface area (Å²) in [6.45, 7) is 0. The van der Waals surface area contributed by atoms with E-state index in [9.17, 15) is 5.11 Å². The molecule has 0 aliphatic heterocycles. The molecule has 0 aliphatic rings. The van der Waals surface area contributed by atoms with Crippen LogP contribution in [0.3, 0.4) is 0 Å². The maximum atomic E-state index is 9.91. The SMILES string of the molecule is OC(CSc1cccc(Cl)c1)c1ccncn1.